The lowest BCUT2D eigenvalue weighted by Crippen LogP contribution is -2.33. The molecule has 29 heavy (non-hydrogen) atoms. The van der Waals surface area contributed by atoms with Gasteiger partial charge in [0.15, 0.2) is 0 Å². The number of hydrogen-bond acceptors (Lipinski definition) is 4. The van der Waals surface area contributed by atoms with Crippen LogP contribution in [0.2, 0.25) is 0 Å². The van der Waals surface area contributed by atoms with Gasteiger partial charge in [-0.2, -0.15) is 0 Å². The lowest BCUT2D eigenvalue weighted by molar-refractivity contribution is -0.131. The molecule has 0 radical (unpaired) electrons. The van der Waals surface area contributed by atoms with E-state index in [0.717, 1.165) is 17.5 Å². The second kappa shape index (κ2) is 12.3. The average Bonchev–Trinajstić information content (AvgIpc) is 3.07. The number of amides is 1. The first-order valence-electron chi connectivity index (χ1n) is 9.21. The maximum absolute atomic E-state index is 12.9. The van der Waals surface area contributed by atoms with Crippen LogP contribution in [0.15, 0.2) is 65.1 Å². The first kappa shape index (κ1) is 24.7. The predicted molar refractivity (Wildman–Crippen MR) is 120 cm³/mol. The molecule has 0 aliphatic carbocycles. The number of hydrogen-bond donors (Lipinski definition) is 1. The van der Waals surface area contributed by atoms with Crippen molar-refractivity contribution < 1.29 is 9.21 Å². The topological polar surface area (TPSA) is 72.4 Å². The Kier molecular flexibility index (Phi) is 10.5. The first-order valence-corrected chi connectivity index (χ1v) is 9.21. The molecule has 2 N–H and O–H groups in total. The van der Waals surface area contributed by atoms with Crippen molar-refractivity contribution in [2.45, 2.75) is 26.3 Å². The zero-order chi connectivity index (χ0) is 19.1. The quantitative estimate of drug-likeness (QED) is 0.568. The van der Waals surface area contributed by atoms with Crippen molar-refractivity contribution in [2.24, 2.45) is 5.73 Å². The largest absolute Gasteiger partial charge is 0.441 e. The Hall–Kier alpha value is -2.34. The van der Waals surface area contributed by atoms with Crippen LogP contribution in [-0.4, -0.2) is 28.9 Å². The van der Waals surface area contributed by atoms with E-state index in [4.69, 9.17) is 10.2 Å². The van der Waals surface area contributed by atoms with Gasteiger partial charge in [-0.3, -0.25) is 4.79 Å². The minimum Gasteiger partial charge on any atom is -0.441 e. The van der Waals surface area contributed by atoms with Crippen LogP contribution < -0.4 is 5.73 Å². The Morgan fingerprint density at radius 2 is 1.66 bits per heavy atom. The van der Waals surface area contributed by atoms with Crippen molar-refractivity contribution in [1.29, 1.82) is 0 Å². The van der Waals surface area contributed by atoms with E-state index in [1.807, 2.05) is 72.5 Å². The van der Waals surface area contributed by atoms with E-state index in [-0.39, 0.29) is 37.1 Å². The molecule has 0 aliphatic rings. The molecule has 5 nitrogen and oxygen atoms in total. The van der Waals surface area contributed by atoms with Gasteiger partial charge < -0.3 is 15.1 Å². The summed E-state index contributed by atoms with van der Waals surface area (Å²) in [6.07, 6.45) is 0.991. The molecule has 0 bridgehead atoms. The highest BCUT2D eigenvalue weighted by atomic mass is 35.5. The molecule has 7 heteroatoms. The minimum atomic E-state index is 0. The number of oxazole rings is 1. The van der Waals surface area contributed by atoms with Crippen molar-refractivity contribution >= 4 is 30.7 Å². The average molecular weight is 436 g/mol. The number of carbonyl (C=O) groups is 1. The van der Waals surface area contributed by atoms with Crippen LogP contribution >= 0.6 is 24.8 Å². The number of aryl methyl sites for hydroxylation is 1. The maximum atomic E-state index is 12.9. The number of rotatable bonds is 8. The highest BCUT2D eigenvalue weighted by Gasteiger charge is 2.19. The van der Waals surface area contributed by atoms with Crippen molar-refractivity contribution in [1.82, 2.24) is 9.88 Å². The van der Waals surface area contributed by atoms with Crippen LogP contribution in [0.25, 0.3) is 11.5 Å². The fourth-order valence-electron chi connectivity index (χ4n) is 2.93. The summed E-state index contributed by atoms with van der Waals surface area (Å²) in [5.41, 5.74) is 8.34. The summed E-state index contributed by atoms with van der Waals surface area (Å²) in [4.78, 5) is 19.3. The Bertz CT molecular complexity index is 870. The molecule has 0 saturated carbocycles. The van der Waals surface area contributed by atoms with E-state index in [1.165, 1.54) is 0 Å². The standard InChI is InChI=1S/C22H25N3O2.2ClH/c1-17-20(24-22(27-17)19-11-6-3-7-12-19)15-21(26)25(14-8-13-23)16-18-9-4-2-5-10-18;;/h2-7,9-12H,8,13-16,23H2,1H3;2*1H. The molecule has 3 rings (SSSR count). The van der Waals surface area contributed by atoms with Crippen LogP contribution in [-0.2, 0) is 17.8 Å². The summed E-state index contributed by atoms with van der Waals surface area (Å²) >= 11 is 0. The fraction of sp³-hybridized carbons (Fsp3) is 0.273. The SMILES string of the molecule is Cc1oc(-c2ccccc2)nc1CC(=O)N(CCCN)Cc1ccccc1.Cl.Cl. The van der Waals surface area contributed by atoms with Gasteiger partial charge in [-0.05, 0) is 37.6 Å². The van der Waals surface area contributed by atoms with E-state index < -0.39 is 0 Å². The fourth-order valence-corrected chi connectivity index (χ4v) is 2.93. The number of nitrogens with two attached hydrogens (primary N) is 1. The van der Waals surface area contributed by atoms with Crippen molar-refractivity contribution in [3.8, 4) is 11.5 Å². The Morgan fingerprint density at radius 3 is 2.28 bits per heavy atom. The molecule has 3 aromatic rings. The third kappa shape index (κ3) is 6.89. The Morgan fingerprint density at radius 1 is 1.03 bits per heavy atom. The number of carbonyl (C=O) groups excluding carboxylic acids is 1. The van der Waals surface area contributed by atoms with E-state index >= 15 is 0 Å². The van der Waals surface area contributed by atoms with Crippen molar-refractivity contribution in [2.75, 3.05) is 13.1 Å². The van der Waals surface area contributed by atoms with Gasteiger partial charge in [0, 0.05) is 18.7 Å². The Labute approximate surface area is 184 Å². The smallest absolute Gasteiger partial charge is 0.229 e. The number of benzene rings is 2. The third-order valence-electron chi connectivity index (χ3n) is 4.43. The third-order valence-corrected chi connectivity index (χ3v) is 4.43. The highest BCUT2D eigenvalue weighted by Crippen LogP contribution is 2.22. The van der Waals surface area contributed by atoms with E-state index in [2.05, 4.69) is 4.98 Å². The molecule has 0 unspecified atom stereocenters. The minimum absolute atomic E-state index is 0. The van der Waals surface area contributed by atoms with Crippen LogP contribution in [0.1, 0.15) is 23.4 Å². The highest BCUT2D eigenvalue weighted by molar-refractivity contribution is 5.85. The number of aromatic nitrogens is 1. The summed E-state index contributed by atoms with van der Waals surface area (Å²) in [6.45, 7) is 3.61. The monoisotopic (exact) mass is 435 g/mol. The molecule has 0 aliphatic heterocycles. The van der Waals surface area contributed by atoms with Gasteiger partial charge in [0.1, 0.15) is 5.76 Å². The van der Waals surface area contributed by atoms with Crippen molar-refractivity contribution in [3.63, 3.8) is 0 Å². The summed E-state index contributed by atoms with van der Waals surface area (Å²) in [5, 5.41) is 0. The molecule has 1 aromatic heterocycles. The number of halogens is 2. The molecule has 0 atom stereocenters. The zero-order valence-corrected chi connectivity index (χ0v) is 18.0. The van der Waals surface area contributed by atoms with Gasteiger partial charge in [0.25, 0.3) is 0 Å². The van der Waals surface area contributed by atoms with Gasteiger partial charge in [0.05, 0.1) is 12.1 Å². The molecule has 2 aromatic carbocycles. The molecule has 1 amide bonds. The molecule has 0 saturated heterocycles. The van der Waals surface area contributed by atoms with Crippen LogP contribution in [0, 0.1) is 6.92 Å². The summed E-state index contributed by atoms with van der Waals surface area (Å²) in [7, 11) is 0. The second-order valence-corrected chi connectivity index (χ2v) is 6.51. The van der Waals surface area contributed by atoms with E-state index in [0.29, 0.717) is 37.0 Å². The van der Waals surface area contributed by atoms with Crippen LogP contribution in [0.5, 0.6) is 0 Å². The van der Waals surface area contributed by atoms with Gasteiger partial charge >= 0.3 is 0 Å². The Balaban J connectivity index is 0.00000210. The summed E-state index contributed by atoms with van der Waals surface area (Å²) < 4.78 is 5.78. The van der Waals surface area contributed by atoms with Gasteiger partial charge in [-0.15, -0.1) is 24.8 Å². The summed E-state index contributed by atoms with van der Waals surface area (Å²) in [6, 6.07) is 19.7. The van der Waals surface area contributed by atoms with Crippen LogP contribution in [0.4, 0.5) is 0 Å². The molecular weight excluding hydrogens is 409 g/mol. The van der Waals surface area contributed by atoms with Gasteiger partial charge in [-0.1, -0.05) is 48.5 Å². The van der Waals surface area contributed by atoms with Gasteiger partial charge in [0.2, 0.25) is 11.8 Å². The molecule has 156 valence electrons. The lowest BCUT2D eigenvalue weighted by Gasteiger charge is -2.22. The summed E-state index contributed by atoms with van der Waals surface area (Å²) in [5.74, 6) is 1.26. The second-order valence-electron chi connectivity index (χ2n) is 6.51. The number of nitrogens with zero attached hydrogens (tertiary/aromatic N) is 2. The molecule has 0 spiro atoms. The first-order chi connectivity index (χ1) is 13.2. The molecule has 0 fully saturated rings. The lowest BCUT2D eigenvalue weighted by atomic mass is 10.2. The molecular formula is C22H27Cl2N3O2. The van der Waals surface area contributed by atoms with E-state index in [1.54, 1.807) is 0 Å². The van der Waals surface area contributed by atoms with Crippen molar-refractivity contribution in [3.05, 3.63) is 77.7 Å². The van der Waals surface area contributed by atoms with Crippen LogP contribution in [0.3, 0.4) is 0 Å². The van der Waals surface area contributed by atoms with Gasteiger partial charge in [-0.25, -0.2) is 4.98 Å². The zero-order valence-electron chi connectivity index (χ0n) is 16.4. The maximum Gasteiger partial charge on any atom is 0.229 e. The van der Waals surface area contributed by atoms with E-state index in [9.17, 15) is 4.79 Å². The predicted octanol–water partition coefficient (Wildman–Crippen LogP) is 4.41. The normalized spacial score (nSPS) is 10.0. The molecule has 1 heterocycles.